The fourth-order valence-electron chi connectivity index (χ4n) is 5.37. The number of esters is 1. The molecule has 0 aromatic heterocycles. The maximum atomic E-state index is 13.5. The van der Waals surface area contributed by atoms with Crippen LogP contribution in [0.5, 0.6) is 0 Å². The van der Waals surface area contributed by atoms with Crippen molar-refractivity contribution in [1.82, 2.24) is 25.9 Å². The van der Waals surface area contributed by atoms with Crippen LogP contribution in [0.25, 0.3) is 0 Å². The first-order valence-electron chi connectivity index (χ1n) is 11.6. The van der Waals surface area contributed by atoms with E-state index < -0.39 is 89.0 Å². The average molecular weight is 581 g/mol. The molecule has 0 bridgehead atoms. The van der Waals surface area contributed by atoms with E-state index in [0.29, 0.717) is 0 Å². The number of guanidine groups is 2. The van der Waals surface area contributed by atoms with Crippen molar-refractivity contribution in [2.75, 3.05) is 19.7 Å². The fourth-order valence-corrected chi connectivity index (χ4v) is 5.37. The lowest BCUT2D eigenvalue weighted by atomic mass is 9.85. The van der Waals surface area contributed by atoms with Crippen LogP contribution in [0.15, 0.2) is 18.2 Å². The summed E-state index contributed by atoms with van der Waals surface area (Å²) in [4.78, 5) is 31.1. The number of hydrogen-bond donors (Lipinski definition) is 7. The highest BCUT2D eigenvalue weighted by Gasteiger charge is 2.75. The molecule has 4 saturated heterocycles. The van der Waals surface area contributed by atoms with Crippen molar-refractivity contribution in [3.05, 3.63) is 34.9 Å². The van der Waals surface area contributed by atoms with E-state index in [4.69, 9.17) is 20.4 Å². The molecule has 1 spiro atoms. The molecule has 4 heterocycles. The van der Waals surface area contributed by atoms with Gasteiger partial charge in [0.15, 0.2) is 23.7 Å². The number of halogens is 6. The summed E-state index contributed by atoms with van der Waals surface area (Å²) in [6, 6.07) is -2.09. The van der Waals surface area contributed by atoms with Gasteiger partial charge in [-0.05, 0) is 18.2 Å². The Morgan fingerprint density at radius 1 is 1.15 bits per heavy atom. The normalized spacial score (nSPS) is 29.5. The summed E-state index contributed by atoms with van der Waals surface area (Å²) in [6.07, 6.45) is -12.4. The summed E-state index contributed by atoms with van der Waals surface area (Å²) >= 11 is 0. The Balaban J connectivity index is 1.48. The molecule has 0 aliphatic carbocycles. The summed E-state index contributed by atoms with van der Waals surface area (Å²) in [7, 11) is 0. The average Bonchev–Trinajstić information content (AvgIpc) is 3.47. The van der Waals surface area contributed by atoms with Crippen molar-refractivity contribution < 1.29 is 55.7 Å². The van der Waals surface area contributed by atoms with Gasteiger partial charge in [-0.25, -0.2) is 9.86 Å². The molecule has 4 fully saturated rings. The summed E-state index contributed by atoms with van der Waals surface area (Å²) in [6.45, 7) is -0.873. The van der Waals surface area contributed by atoms with E-state index in [-0.39, 0.29) is 37.8 Å². The Labute approximate surface area is 220 Å². The van der Waals surface area contributed by atoms with Gasteiger partial charge < -0.3 is 35.8 Å². The number of alkyl halides is 6. The number of rotatable bonds is 4. The van der Waals surface area contributed by atoms with Gasteiger partial charge in [-0.1, -0.05) is 0 Å². The van der Waals surface area contributed by atoms with Crippen LogP contribution in [0.4, 0.5) is 26.3 Å². The second-order valence-electron chi connectivity index (χ2n) is 9.51. The first kappa shape index (κ1) is 27.7. The van der Waals surface area contributed by atoms with Gasteiger partial charge in [-0.2, -0.15) is 26.3 Å². The molecular formula is C21H21F6N7O6. The molecule has 19 heteroatoms. The number of carbonyl (C=O) groups is 2. The van der Waals surface area contributed by atoms with Crippen molar-refractivity contribution in [2.24, 2.45) is 0 Å². The van der Waals surface area contributed by atoms with Gasteiger partial charge in [-0.15, -0.1) is 0 Å². The Morgan fingerprint density at radius 3 is 2.45 bits per heavy atom. The van der Waals surface area contributed by atoms with Crippen molar-refractivity contribution in [2.45, 2.75) is 48.4 Å². The van der Waals surface area contributed by atoms with Crippen molar-refractivity contribution >= 4 is 23.8 Å². The highest BCUT2D eigenvalue weighted by Crippen LogP contribution is 2.45. The van der Waals surface area contributed by atoms with E-state index in [1.807, 2.05) is 0 Å². The predicted molar refractivity (Wildman–Crippen MR) is 117 cm³/mol. The third kappa shape index (κ3) is 4.15. The minimum atomic E-state index is -5.26. The maximum absolute atomic E-state index is 13.5. The zero-order valence-electron chi connectivity index (χ0n) is 20.0. The minimum Gasteiger partial charge on any atom is -0.451 e. The standard InChI is InChI=1S/C21H21F6N7O6/c22-20(23,24)8-1-2-10(21(25,26)27)9(5-8)15(36)40-12-7-33-17(29)30-11(6-34-13(35)3-4-39-34)14-18(33,19(12,37)38)32-16(28)31-14/h1-2,5,11-12,14,37-38H,3-4,6-7H2,(H2,29,30)(H3,28,31,32)/t11?,12?,14-,18-/m0/s1. The monoisotopic (exact) mass is 581 g/mol. The first-order valence-corrected chi connectivity index (χ1v) is 11.6. The van der Waals surface area contributed by atoms with Gasteiger partial charge in [0.2, 0.25) is 11.7 Å². The highest BCUT2D eigenvalue weighted by molar-refractivity contribution is 5.92. The largest absolute Gasteiger partial charge is 0.451 e. The molecule has 0 radical (unpaired) electrons. The topological polar surface area (TPSA) is 183 Å². The minimum absolute atomic E-state index is 0.0529. The number of amides is 1. The van der Waals surface area contributed by atoms with E-state index >= 15 is 0 Å². The van der Waals surface area contributed by atoms with E-state index in [2.05, 4.69) is 16.0 Å². The summed E-state index contributed by atoms with van der Waals surface area (Å²) in [5.41, 5.74) is -7.06. The van der Waals surface area contributed by atoms with Crippen molar-refractivity contribution in [3.63, 3.8) is 0 Å². The van der Waals surface area contributed by atoms with Crippen molar-refractivity contribution in [3.8, 4) is 0 Å². The summed E-state index contributed by atoms with van der Waals surface area (Å²) < 4.78 is 85.2. The zero-order valence-corrected chi connectivity index (χ0v) is 20.0. The van der Waals surface area contributed by atoms with Crippen LogP contribution in [0.2, 0.25) is 0 Å². The Kier molecular flexibility index (Phi) is 6.12. The molecule has 4 atom stereocenters. The lowest BCUT2D eigenvalue weighted by Gasteiger charge is -2.51. The van der Waals surface area contributed by atoms with Crippen LogP contribution in [0.3, 0.4) is 0 Å². The number of hydrogen-bond acceptors (Lipinski definition) is 8. The van der Waals surface area contributed by atoms with Crippen LogP contribution >= 0.6 is 0 Å². The molecule has 1 amide bonds. The quantitative estimate of drug-likeness (QED) is 0.139. The maximum Gasteiger partial charge on any atom is 0.417 e. The van der Waals surface area contributed by atoms with E-state index in [9.17, 15) is 46.1 Å². The molecule has 7 N–H and O–H groups in total. The third-order valence-electron chi connectivity index (χ3n) is 7.17. The second kappa shape index (κ2) is 8.83. The molecule has 5 rings (SSSR count). The van der Waals surface area contributed by atoms with E-state index in [1.165, 1.54) is 0 Å². The van der Waals surface area contributed by atoms with Gasteiger partial charge in [0.1, 0.15) is 0 Å². The zero-order chi connectivity index (χ0) is 29.4. The number of nitrogens with one attached hydrogen (secondary N) is 5. The van der Waals surface area contributed by atoms with Crippen LogP contribution < -0.4 is 16.0 Å². The number of benzene rings is 1. The smallest absolute Gasteiger partial charge is 0.417 e. The molecule has 0 saturated carbocycles. The molecular weight excluding hydrogens is 560 g/mol. The van der Waals surface area contributed by atoms with Gasteiger partial charge in [0.05, 0.1) is 54.9 Å². The number of aliphatic hydroxyl groups is 2. The van der Waals surface area contributed by atoms with Gasteiger partial charge in [0, 0.05) is 0 Å². The molecule has 1 aromatic rings. The first-order chi connectivity index (χ1) is 18.5. The molecule has 1 aromatic carbocycles. The lowest BCUT2D eigenvalue weighted by Crippen LogP contribution is -2.81. The van der Waals surface area contributed by atoms with Crippen molar-refractivity contribution in [1.29, 1.82) is 10.8 Å². The van der Waals surface area contributed by atoms with Gasteiger partial charge >= 0.3 is 18.3 Å². The van der Waals surface area contributed by atoms with Gasteiger partial charge in [-0.3, -0.25) is 20.5 Å². The predicted octanol–water partition coefficient (Wildman–Crippen LogP) is -0.491. The molecule has 2 unspecified atom stereocenters. The Morgan fingerprint density at radius 2 is 1.85 bits per heavy atom. The molecule has 218 valence electrons. The molecule has 4 aliphatic heterocycles. The molecule has 4 aliphatic rings. The SMILES string of the molecule is N=C1N[C@H]2C(CN3OCCC3=O)NC(=N)N3CC(OC(=O)c4cc(C(F)(F)F)ccc4C(F)(F)F)C(O)(O)[C@]23N1. The Bertz CT molecular complexity index is 1290. The third-order valence-corrected chi connectivity index (χ3v) is 7.17. The molecule has 40 heavy (non-hydrogen) atoms. The van der Waals surface area contributed by atoms with Crippen LogP contribution in [0, 0.1) is 10.8 Å². The second-order valence-corrected chi connectivity index (χ2v) is 9.51. The number of nitrogens with zero attached hydrogens (tertiary/aromatic N) is 2. The number of hydroxylamine groups is 2. The van der Waals surface area contributed by atoms with Gasteiger partial charge in [0.25, 0.3) is 0 Å². The summed E-state index contributed by atoms with van der Waals surface area (Å²) in [5, 5.41) is 47.8. The van der Waals surface area contributed by atoms with Crippen LogP contribution in [0.1, 0.15) is 27.9 Å². The highest BCUT2D eigenvalue weighted by atomic mass is 19.4. The fraction of sp³-hybridized carbons (Fsp3) is 0.524. The summed E-state index contributed by atoms with van der Waals surface area (Å²) in [5.74, 6) is -6.53. The number of ether oxygens (including phenoxy) is 1. The van der Waals surface area contributed by atoms with Crippen LogP contribution in [-0.4, -0.2) is 93.3 Å². The lowest BCUT2D eigenvalue weighted by molar-refractivity contribution is -0.258. The molecule has 13 nitrogen and oxygen atoms in total. The Hall–Kier alpha value is -3.84. The van der Waals surface area contributed by atoms with Crippen LogP contribution in [-0.2, 0) is 26.7 Å². The number of carbonyl (C=O) groups excluding carboxylic acids is 2. The van der Waals surface area contributed by atoms with E-state index in [1.54, 1.807) is 0 Å². The van der Waals surface area contributed by atoms with E-state index in [0.717, 1.165) is 9.96 Å².